The molecule has 2 atom stereocenters. The first kappa shape index (κ1) is 22.9. The fourth-order valence-corrected chi connectivity index (χ4v) is 4.17. The standard InChI is InChI=1S/C23H33N3O5/c1-16(31-19-8-6-18(27)7-9-19)21(29)24-10-5-11-25(13-12-24)22(30)17-14-20(28)26(15-17)23(2,3)4/h6-9,16-17,27H,5,10-15H2,1-4H3. The van der Waals surface area contributed by atoms with Crippen LogP contribution in [0.25, 0.3) is 0 Å². The number of phenols is 1. The van der Waals surface area contributed by atoms with E-state index in [-0.39, 0.29) is 41.3 Å². The predicted molar refractivity (Wildman–Crippen MR) is 116 cm³/mol. The third kappa shape index (κ3) is 5.48. The van der Waals surface area contributed by atoms with Crippen molar-refractivity contribution in [2.45, 2.75) is 52.2 Å². The highest BCUT2D eigenvalue weighted by Gasteiger charge is 2.41. The molecular formula is C23H33N3O5. The van der Waals surface area contributed by atoms with Gasteiger partial charge in [-0.3, -0.25) is 14.4 Å². The number of ether oxygens (including phenoxy) is 1. The van der Waals surface area contributed by atoms with Crippen molar-refractivity contribution in [3.8, 4) is 11.5 Å². The minimum absolute atomic E-state index is 0.00258. The lowest BCUT2D eigenvalue weighted by molar-refractivity contribution is -0.139. The van der Waals surface area contributed by atoms with E-state index in [0.717, 1.165) is 0 Å². The number of phenolic OH excluding ortho intramolecular Hbond substituents is 1. The number of rotatable bonds is 4. The van der Waals surface area contributed by atoms with E-state index in [9.17, 15) is 19.5 Å². The van der Waals surface area contributed by atoms with Crippen molar-refractivity contribution in [2.24, 2.45) is 5.92 Å². The highest BCUT2D eigenvalue weighted by atomic mass is 16.5. The van der Waals surface area contributed by atoms with Crippen LogP contribution in [0.5, 0.6) is 11.5 Å². The number of carbonyl (C=O) groups is 3. The Kier molecular flexibility index (Phi) is 6.77. The van der Waals surface area contributed by atoms with E-state index >= 15 is 0 Å². The molecule has 2 saturated heterocycles. The number of hydrogen-bond donors (Lipinski definition) is 1. The van der Waals surface area contributed by atoms with Crippen LogP contribution in [0.1, 0.15) is 40.5 Å². The third-order valence-electron chi connectivity index (χ3n) is 5.90. The summed E-state index contributed by atoms with van der Waals surface area (Å²) in [4.78, 5) is 43.6. The van der Waals surface area contributed by atoms with Gasteiger partial charge in [-0.05, 0) is 58.4 Å². The zero-order chi connectivity index (χ0) is 22.8. The summed E-state index contributed by atoms with van der Waals surface area (Å²) in [5, 5.41) is 9.37. The number of likely N-dealkylation sites (tertiary alicyclic amines) is 1. The topological polar surface area (TPSA) is 90.4 Å². The van der Waals surface area contributed by atoms with Crippen LogP contribution in [0.2, 0.25) is 0 Å². The molecule has 170 valence electrons. The average molecular weight is 432 g/mol. The highest BCUT2D eigenvalue weighted by Crippen LogP contribution is 2.27. The normalized spacial score (nSPS) is 21.1. The molecule has 2 unspecified atom stereocenters. The van der Waals surface area contributed by atoms with Gasteiger partial charge in [-0.15, -0.1) is 0 Å². The van der Waals surface area contributed by atoms with Crippen LogP contribution < -0.4 is 4.74 Å². The first-order chi connectivity index (χ1) is 14.6. The molecule has 1 aromatic rings. The van der Waals surface area contributed by atoms with Crippen molar-refractivity contribution in [3.05, 3.63) is 24.3 Å². The van der Waals surface area contributed by atoms with Gasteiger partial charge in [-0.1, -0.05) is 0 Å². The maximum atomic E-state index is 13.0. The van der Waals surface area contributed by atoms with E-state index < -0.39 is 6.10 Å². The van der Waals surface area contributed by atoms with Crippen molar-refractivity contribution in [1.29, 1.82) is 0 Å². The lowest BCUT2D eigenvalue weighted by Gasteiger charge is -2.32. The van der Waals surface area contributed by atoms with Gasteiger partial charge >= 0.3 is 0 Å². The lowest BCUT2D eigenvalue weighted by atomic mass is 10.1. The molecule has 8 nitrogen and oxygen atoms in total. The first-order valence-corrected chi connectivity index (χ1v) is 10.9. The largest absolute Gasteiger partial charge is 0.508 e. The van der Waals surface area contributed by atoms with Crippen LogP contribution in [0, 0.1) is 5.92 Å². The van der Waals surface area contributed by atoms with Gasteiger partial charge in [-0.2, -0.15) is 0 Å². The van der Waals surface area contributed by atoms with E-state index in [1.807, 2.05) is 20.8 Å². The molecule has 0 spiro atoms. The van der Waals surface area contributed by atoms with Crippen molar-refractivity contribution in [3.63, 3.8) is 0 Å². The molecule has 31 heavy (non-hydrogen) atoms. The van der Waals surface area contributed by atoms with Gasteiger partial charge in [0.25, 0.3) is 5.91 Å². The van der Waals surface area contributed by atoms with Crippen molar-refractivity contribution in [2.75, 3.05) is 32.7 Å². The number of hydrogen-bond acceptors (Lipinski definition) is 5. The molecule has 0 radical (unpaired) electrons. The van der Waals surface area contributed by atoms with Gasteiger partial charge in [0.1, 0.15) is 11.5 Å². The van der Waals surface area contributed by atoms with Gasteiger partial charge in [0.15, 0.2) is 6.10 Å². The second-order valence-corrected chi connectivity index (χ2v) is 9.33. The molecule has 2 aliphatic heterocycles. The van der Waals surface area contributed by atoms with E-state index in [1.54, 1.807) is 33.8 Å². The Morgan fingerprint density at radius 2 is 1.68 bits per heavy atom. The van der Waals surface area contributed by atoms with E-state index in [0.29, 0.717) is 44.9 Å². The highest BCUT2D eigenvalue weighted by molar-refractivity contribution is 5.89. The zero-order valence-corrected chi connectivity index (χ0v) is 18.8. The minimum atomic E-state index is -0.667. The average Bonchev–Trinajstić information content (AvgIpc) is 2.95. The Hall–Kier alpha value is -2.77. The third-order valence-corrected chi connectivity index (χ3v) is 5.90. The molecule has 8 heteroatoms. The molecule has 3 rings (SSSR count). The summed E-state index contributed by atoms with van der Waals surface area (Å²) in [6.45, 7) is 10.1. The second kappa shape index (κ2) is 9.16. The number of benzene rings is 1. The zero-order valence-electron chi connectivity index (χ0n) is 18.8. The fourth-order valence-electron chi connectivity index (χ4n) is 4.17. The van der Waals surface area contributed by atoms with Gasteiger partial charge in [0, 0.05) is 44.7 Å². The van der Waals surface area contributed by atoms with Crippen LogP contribution in [0.3, 0.4) is 0 Å². The van der Waals surface area contributed by atoms with E-state index in [1.165, 1.54) is 12.1 Å². The maximum Gasteiger partial charge on any atom is 0.263 e. The minimum Gasteiger partial charge on any atom is -0.508 e. The summed E-state index contributed by atoms with van der Waals surface area (Å²) in [7, 11) is 0. The monoisotopic (exact) mass is 431 g/mol. The summed E-state index contributed by atoms with van der Waals surface area (Å²) < 4.78 is 5.71. The SMILES string of the molecule is CC(Oc1ccc(O)cc1)C(=O)N1CCCN(C(=O)C2CC(=O)N(C(C)(C)C)C2)CC1. The van der Waals surface area contributed by atoms with Crippen LogP contribution in [0.15, 0.2) is 24.3 Å². The van der Waals surface area contributed by atoms with Crippen molar-refractivity contribution >= 4 is 17.7 Å². The van der Waals surface area contributed by atoms with E-state index in [2.05, 4.69) is 0 Å². The van der Waals surface area contributed by atoms with Gasteiger partial charge < -0.3 is 24.5 Å². The Bertz CT molecular complexity index is 817. The van der Waals surface area contributed by atoms with Crippen LogP contribution >= 0.6 is 0 Å². The van der Waals surface area contributed by atoms with Crippen LogP contribution in [-0.4, -0.2) is 81.9 Å². The van der Waals surface area contributed by atoms with Gasteiger partial charge in [-0.25, -0.2) is 0 Å². The number of aromatic hydroxyl groups is 1. The number of carbonyl (C=O) groups excluding carboxylic acids is 3. The molecule has 1 aromatic carbocycles. The quantitative estimate of drug-likeness (QED) is 0.786. The summed E-state index contributed by atoms with van der Waals surface area (Å²) >= 11 is 0. The number of amides is 3. The van der Waals surface area contributed by atoms with Crippen LogP contribution in [-0.2, 0) is 14.4 Å². The Labute approximate surface area is 183 Å². The fraction of sp³-hybridized carbons (Fsp3) is 0.609. The molecular weight excluding hydrogens is 398 g/mol. The first-order valence-electron chi connectivity index (χ1n) is 10.9. The molecule has 3 amide bonds. The molecule has 0 bridgehead atoms. The van der Waals surface area contributed by atoms with Gasteiger partial charge in [0.05, 0.1) is 5.92 Å². The number of nitrogens with zero attached hydrogens (tertiary/aromatic N) is 3. The molecule has 0 aromatic heterocycles. The summed E-state index contributed by atoms with van der Waals surface area (Å²) in [5.74, 6) is 0.237. The molecule has 1 N–H and O–H groups in total. The molecule has 0 saturated carbocycles. The molecule has 2 fully saturated rings. The molecule has 2 heterocycles. The Morgan fingerprint density at radius 1 is 1.06 bits per heavy atom. The van der Waals surface area contributed by atoms with Crippen molar-refractivity contribution in [1.82, 2.24) is 14.7 Å². The Morgan fingerprint density at radius 3 is 2.29 bits per heavy atom. The predicted octanol–water partition coefficient (Wildman–Crippen LogP) is 1.87. The summed E-state index contributed by atoms with van der Waals surface area (Å²) in [6.07, 6.45) is 0.277. The second-order valence-electron chi connectivity index (χ2n) is 9.33. The van der Waals surface area contributed by atoms with Crippen LogP contribution in [0.4, 0.5) is 0 Å². The molecule has 0 aliphatic carbocycles. The Balaban J connectivity index is 1.55. The van der Waals surface area contributed by atoms with Gasteiger partial charge in [0.2, 0.25) is 11.8 Å². The van der Waals surface area contributed by atoms with E-state index in [4.69, 9.17) is 4.74 Å². The smallest absolute Gasteiger partial charge is 0.263 e. The summed E-state index contributed by atoms with van der Waals surface area (Å²) in [5.41, 5.74) is -0.290. The summed E-state index contributed by atoms with van der Waals surface area (Å²) in [6, 6.07) is 6.25. The maximum absolute atomic E-state index is 13.0. The lowest BCUT2D eigenvalue weighted by Crippen LogP contribution is -2.45. The van der Waals surface area contributed by atoms with Crippen molar-refractivity contribution < 1.29 is 24.2 Å². The molecule has 2 aliphatic rings.